The molecule has 32 nitrogen and oxygen atoms in total. The molecule has 6 aromatic carbocycles. The molecule has 52 heteroatoms. The molecule has 6 N–H and O–H groups in total. The average Bonchev–Trinajstić information content (AvgIpc) is 0.750. The van der Waals surface area contributed by atoms with Crippen molar-refractivity contribution >= 4 is 47.3 Å². The van der Waals surface area contributed by atoms with Crippen LogP contribution >= 0.6 is 0 Å². The van der Waals surface area contributed by atoms with Crippen molar-refractivity contribution in [3.63, 3.8) is 0 Å². The molecule has 0 spiro atoms. The van der Waals surface area contributed by atoms with E-state index >= 15 is 0 Å². The Balaban J connectivity index is 0.000000147. The lowest BCUT2D eigenvalue weighted by molar-refractivity contribution is -0.0311. The second-order valence-electron chi connectivity index (χ2n) is 34.5. The minimum Gasteiger partial charge on any atom is -0.502 e. The van der Waals surface area contributed by atoms with E-state index < -0.39 is 319 Å². The Morgan fingerprint density at radius 3 is 0.733 bits per heavy atom. The Hall–Kier alpha value is -16.1. The van der Waals surface area contributed by atoms with Gasteiger partial charge in [0.2, 0.25) is 21.7 Å². The number of carbonyl (C=O) groups is 8. The summed E-state index contributed by atoms with van der Waals surface area (Å²) in [4.78, 5) is 160. The molecule has 4 aromatic heterocycles. The van der Waals surface area contributed by atoms with E-state index in [2.05, 4.69) is 21.3 Å². The number of carbonyl (C=O) groups excluding carboxylic acids is 8. The summed E-state index contributed by atoms with van der Waals surface area (Å²) in [7, 11) is 0. The molecule has 8 bridgehead atoms. The van der Waals surface area contributed by atoms with Gasteiger partial charge < -0.3 is 60.6 Å². The van der Waals surface area contributed by atoms with Gasteiger partial charge in [-0.05, 0) is 11.1 Å². The third-order valence-corrected chi connectivity index (χ3v) is 24.6. The molecule has 146 heavy (non-hydrogen) atoms. The lowest BCUT2D eigenvalue weighted by Gasteiger charge is -2.42. The number of benzene rings is 6. The summed E-state index contributed by atoms with van der Waals surface area (Å²) < 4.78 is 293. The molecule has 0 radical (unpaired) electrons. The summed E-state index contributed by atoms with van der Waals surface area (Å²) in [6, 6.07) is 20.8. The molecule has 0 atom stereocenters. The fourth-order valence-corrected chi connectivity index (χ4v) is 16.6. The highest BCUT2D eigenvalue weighted by Crippen LogP contribution is 2.37. The SMILES string of the molecule is O=C(NCc1c(F)cc(F)cc1F)c1cn2c(c(O)c1=O)C(=O)N1CCC(F)(F)CCN2C1.O=C(NCc1c(F)cc(F)cc1F)c1cn2c(c(O)c1=O)C(=O)N1CCC(F)(F)CCN2C1.O=C(NCc1c(F)cc(F)cc1F)c1cn2c(c(OCc3ccccc3)c1=O)C(=O)N1CCC(F)(F)CCN2C1.O=C(NCc1c(F)cc(F)cc1F)c1cn2c(c(OCc3ccccc3)c1=O)C(=O)N1CCC(F)(F)CCN2C1. The zero-order valence-corrected chi connectivity index (χ0v) is 75.6. The number of halogens is 20. The van der Waals surface area contributed by atoms with Crippen LogP contribution in [-0.2, 0) is 39.4 Å². The number of amides is 8. The largest absolute Gasteiger partial charge is 0.502 e. The van der Waals surface area contributed by atoms with Crippen LogP contribution in [0.15, 0.2) is 153 Å². The van der Waals surface area contributed by atoms with E-state index in [9.17, 15) is 156 Å². The van der Waals surface area contributed by atoms with Crippen LogP contribution in [0.1, 0.15) is 168 Å². The summed E-state index contributed by atoms with van der Waals surface area (Å²) >= 11 is 0. The second kappa shape index (κ2) is 42.0. The monoisotopic (exact) mass is 2070 g/mol. The van der Waals surface area contributed by atoms with E-state index in [1.54, 1.807) is 60.7 Å². The summed E-state index contributed by atoms with van der Waals surface area (Å²) in [6.45, 7) is -5.65. The number of alkyl halides is 8. The van der Waals surface area contributed by atoms with Crippen molar-refractivity contribution in [2.75, 3.05) is 99.1 Å². The van der Waals surface area contributed by atoms with Gasteiger partial charge in [0, 0.05) is 225 Å². The maximum Gasteiger partial charge on any atom is 0.277 e. The third-order valence-electron chi connectivity index (χ3n) is 24.6. The van der Waals surface area contributed by atoms with E-state index in [4.69, 9.17) is 9.47 Å². The van der Waals surface area contributed by atoms with Crippen LogP contribution in [0, 0.1) is 69.8 Å². The van der Waals surface area contributed by atoms with Gasteiger partial charge in [0.1, 0.15) is 132 Å². The average molecular weight is 2070 g/mol. The Labute approximate surface area is 809 Å². The molecule has 8 aliphatic rings. The zero-order chi connectivity index (χ0) is 105. The predicted molar refractivity (Wildman–Crippen MR) is 470 cm³/mol. The van der Waals surface area contributed by atoms with Gasteiger partial charge >= 0.3 is 0 Å². The first-order valence-corrected chi connectivity index (χ1v) is 44.3. The molecule has 4 saturated heterocycles. The maximum absolute atomic E-state index is 14.3. The van der Waals surface area contributed by atoms with Crippen LogP contribution in [0.4, 0.5) is 87.8 Å². The molecular formula is C94H80F20N16O16. The van der Waals surface area contributed by atoms with Crippen molar-refractivity contribution in [2.45, 2.75) is 114 Å². The smallest absolute Gasteiger partial charge is 0.277 e. The molecule has 0 saturated carbocycles. The standard InChI is InChI=1S/2C27H23F5N4O4.2C20H17F5N4O4/c2*28-17-10-20(29)18(21(30)11-17)12-33-25(38)19-13-36-22(24(23(19)37)40-14-16-4-2-1-3-5-16)26(39)34-8-6-27(31,32)7-9-35(36)15-34;2*21-10-5-13(22)11(14(23)6-10)7-26-18(32)12-8-29-15(17(31)16(12)30)19(33)27-3-1-20(24,25)2-4-28(29)9-27/h2*1-5,10-11,13H,6-9,12,14-15H2,(H,33,38);2*5-6,8,31H,1-4,7,9H2,(H,26,32). The highest BCUT2D eigenvalue weighted by atomic mass is 19.3. The molecule has 8 aliphatic heterocycles. The summed E-state index contributed by atoms with van der Waals surface area (Å²) in [5.74, 6) is -37.4. The van der Waals surface area contributed by atoms with Crippen LogP contribution in [0.2, 0.25) is 0 Å². The van der Waals surface area contributed by atoms with Crippen LogP contribution in [0.5, 0.6) is 23.0 Å². The number of aromatic hydroxyl groups is 2. The van der Waals surface area contributed by atoms with Gasteiger partial charge in [-0.25, -0.2) is 87.8 Å². The Morgan fingerprint density at radius 2 is 0.500 bits per heavy atom. The fourth-order valence-electron chi connectivity index (χ4n) is 16.6. The fraction of sp³-hybridized carbons (Fsp3) is 0.319. The molecule has 4 fully saturated rings. The van der Waals surface area contributed by atoms with Crippen LogP contribution < -0.4 is 72.5 Å². The number of nitrogens with one attached hydrogen (secondary N) is 4. The van der Waals surface area contributed by atoms with E-state index in [0.717, 1.165) is 53.3 Å². The molecule has 12 heterocycles. The highest BCUT2D eigenvalue weighted by Gasteiger charge is 2.47. The number of ether oxygens (including phenoxy) is 2. The maximum atomic E-state index is 14.3. The minimum atomic E-state index is -3.04. The third kappa shape index (κ3) is 22.6. The molecule has 18 rings (SSSR count). The second-order valence-corrected chi connectivity index (χ2v) is 34.5. The van der Waals surface area contributed by atoms with Gasteiger partial charge in [-0.3, -0.25) is 96.3 Å². The van der Waals surface area contributed by atoms with Gasteiger partial charge in [0.25, 0.3) is 70.9 Å². The van der Waals surface area contributed by atoms with Gasteiger partial charge in [0.15, 0.2) is 45.8 Å². The normalized spacial score (nSPS) is 16.7. The first-order chi connectivity index (χ1) is 69.0. The number of rotatable bonds is 18. The van der Waals surface area contributed by atoms with Gasteiger partial charge in [-0.15, -0.1) is 0 Å². The van der Waals surface area contributed by atoms with Crippen LogP contribution in [0.3, 0.4) is 0 Å². The molecule has 0 aliphatic carbocycles. The zero-order valence-electron chi connectivity index (χ0n) is 75.6. The summed E-state index contributed by atoms with van der Waals surface area (Å²) in [5, 5.41) is 34.7. The topological polar surface area (TPSA) is 358 Å². The van der Waals surface area contributed by atoms with Crippen molar-refractivity contribution in [3.8, 4) is 23.0 Å². The van der Waals surface area contributed by atoms with Crippen molar-refractivity contribution in [1.29, 1.82) is 0 Å². The quantitative estimate of drug-likeness (QED) is 0.0435. The molecule has 772 valence electrons. The van der Waals surface area contributed by atoms with Gasteiger partial charge in [-0.2, -0.15) is 0 Å². The molecule has 0 unspecified atom stereocenters. The van der Waals surface area contributed by atoms with Crippen molar-refractivity contribution < 1.29 is 146 Å². The Bertz CT molecular complexity index is 6640. The molecular weight excluding hydrogens is 1990 g/mol. The Morgan fingerprint density at radius 1 is 0.295 bits per heavy atom. The molecule has 8 amide bonds. The van der Waals surface area contributed by atoms with E-state index in [0.29, 0.717) is 59.7 Å². The first-order valence-electron chi connectivity index (χ1n) is 44.3. The number of nitrogens with zero attached hydrogens (tertiary/aromatic N) is 12. The van der Waals surface area contributed by atoms with Crippen LogP contribution in [-0.4, -0.2) is 198 Å². The van der Waals surface area contributed by atoms with Crippen molar-refractivity contribution in [1.82, 2.24) is 59.6 Å². The van der Waals surface area contributed by atoms with E-state index in [-0.39, 0.29) is 104 Å². The number of pyridine rings is 4. The van der Waals surface area contributed by atoms with E-state index in [1.807, 2.05) is 0 Å². The Kier molecular flexibility index (Phi) is 30.0. The number of hydrogen-bond donors (Lipinski definition) is 6. The number of hydrogen-bond acceptors (Lipinski definition) is 20. The van der Waals surface area contributed by atoms with Crippen molar-refractivity contribution in [3.05, 3.63) is 323 Å². The first kappa shape index (κ1) is 104. The summed E-state index contributed by atoms with van der Waals surface area (Å²) in [6.07, 6.45) is -0.595. The van der Waals surface area contributed by atoms with Crippen LogP contribution in [0.25, 0.3) is 0 Å². The number of fused-ring (bicyclic) bond motifs is 16. The summed E-state index contributed by atoms with van der Waals surface area (Å²) in [5.41, 5.74) is -9.60. The van der Waals surface area contributed by atoms with Crippen molar-refractivity contribution in [2.24, 2.45) is 0 Å². The van der Waals surface area contributed by atoms with E-state index in [1.165, 1.54) is 29.8 Å². The number of aromatic nitrogens is 4. The predicted octanol–water partition coefficient (Wildman–Crippen LogP) is 10.5. The lowest BCUT2D eigenvalue weighted by Crippen LogP contribution is -2.57. The minimum absolute atomic E-state index is 0.0734. The highest BCUT2D eigenvalue weighted by molar-refractivity contribution is 6.03. The molecule has 10 aromatic rings. The van der Waals surface area contributed by atoms with Gasteiger partial charge in [-0.1, -0.05) is 60.7 Å². The van der Waals surface area contributed by atoms with Gasteiger partial charge in [0.05, 0.1) is 0 Å². The lowest BCUT2D eigenvalue weighted by atomic mass is 10.1.